The number of aromatic nitrogens is 2. The molecule has 1 saturated heterocycles. The van der Waals surface area contributed by atoms with Gasteiger partial charge in [-0.2, -0.15) is 9.97 Å². The van der Waals surface area contributed by atoms with Gasteiger partial charge in [-0.3, -0.25) is 9.46 Å². The van der Waals surface area contributed by atoms with Crippen molar-refractivity contribution in [3.63, 3.8) is 0 Å². The van der Waals surface area contributed by atoms with Crippen LogP contribution in [-0.2, 0) is 17.7 Å². The first-order valence-corrected chi connectivity index (χ1v) is 16.1. The number of benzene rings is 1. The third-order valence-corrected chi connectivity index (χ3v) is 8.29. The summed E-state index contributed by atoms with van der Waals surface area (Å²) in [5.74, 6) is 1.65. The molecule has 2 aliphatic rings. The van der Waals surface area contributed by atoms with E-state index in [-0.39, 0.29) is 6.16 Å². The zero-order valence-corrected chi connectivity index (χ0v) is 23.8. The summed E-state index contributed by atoms with van der Waals surface area (Å²) in [6, 6.07) is 11.1. The van der Waals surface area contributed by atoms with E-state index in [9.17, 15) is 4.57 Å². The minimum Gasteiger partial charge on any atom is -0.383 e. The number of rotatable bonds is 14. The molecule has 1 aliphatic carbocycles. The van der Waals surface area contributed by atoms with Crippen molar-refractivity contribution in [2.75, 3.05) is 67.9 Å². The first-order chi connectivity index (χ1) is 18.8. The van der Waals surface area contributed by atoms with Crippen molar-refractivity contribution >= 4 is 25.2 Å². The molecule has 0 bridgehead atoms. The van der Waals surface area contributed by atoms with Crippen molar-refractivity contribution in [1.82, 2.24) is 25.5 Å². The molecule has 0 radical (unpaired) electrons. The van der Waals surface area contributed by atoms with Gasteiger partial charge in [0.25, 0.3) is 0 Å². The number of nitrogens with one attached hydrogen (secondary N) is 3. The second kappa shape index (κ2) is 14.9. The third-order valence-electron chi connectivity index (χ3n) is 7.51. The van der Waals surface area contributed by atoms with Crippen LogP contribution in [-0.4, -0.2) is 82.7 Å². The van der Waals surface area contributed by atoms with Gasteiger partial charge in [-0.05, 0) is 43.5 Å². The van der Waals surface area contributed by atoms with Gasteiger partial charge in [0.15, 0.2) is 0 Å². The average molecular weight is 561 g/mol. The highest BCUT2D eigenvalue weighted by atomic mass is 31.2. The Kier molecular flexibility index (Phi) is 11.4. The van der Waals surface area contributed by atoms with Crippen molar-refractivity contribution < 1.29 is 14.4 Å². The molecule has 0 atom stereocenters. The van der Waals surface area contributed by atoms with Gasteiger partial charge in [-0.1, -0.05) is 43.5 Å². The Balaban J connectivity index is 1.16. The van der Waals surface area contributed by atoms with E-state index in [1.165, 1.54) is 37.7 Å². The van der Waals surface area contributed by atoms with Gasteiger partial charge in [0.05, 0.1) is 6.16 Å². The maximum absolute atomic E-state index is 11.1. The van der Waals surface area contributed by atoms with Gasteiger partial charge in [0.2, 0.25) is 5.95 Å². The fourth-order valence-electron chi connectivity index (χ4n) is 5.18. The number of nitrogens with two attached hydrogens (primary N) is 1. The van der Waals surface area contributed by atoms with Crippen LogP contribution in [0.5, 0.6) is 0 Å². The zero-order valence-electron chi connectivity index (χ0n) is 22.9. The first-order valence-electron chi connectivity index (χ1n) is 14.3. The van der Waals surface area contributed by atoms with E-state index in [1.807, 2.05) is 0 Å². The molecule has 2 aromatic rings. The molecule has 4 rings (SSSR count). The Hall–Kier alpha value is -2.27. The van der Waals surface area contributed by atoms with Crippen LogP contribution in [0.1, 0.15) is 49.7 Å². The van der Waals surface area contributed by atoms with Crippen LogP contribution in [0.2, 0.25) is 0 Å². The standard InChI is InChI=1S/C27H45N8O3P/c28-25-19-26(35-15-13-34(14-16-35)17-18-39(36,37)38)33-27(32-25)31-21-23-9-7-22(8-10-23)20-29-11-4-12-30-24-5-2-1-3-6-24/h7-10,19,24,29-30H,1-6,11-18,20-21H2,(H2,36,37,38)(H3,28,31,32,33). The van der Waals surface area contributed by atoms with Gasteiger partial charge >= 0.3 is 7.60 Å². The van der Waals surface area contributed by atoms with E-state index in [0.717, 1.165) is 43.5 Å². The molecule has 0 unspecified atom stereocenters. The van der Waals surface area contributed by atoms with Gasteiger partial charge in [0.1, 0.15) is 11.6 Å². The highest BCUT2D eigenvalue weighted by Gasteiger charge is 2.22. The molecule has 2 fully saturated rings. The summed E-state index contributed by atoms with van der Waals surface area (Å²) < 4.78 is 11.1. The topological polar surface area (TPSA) is 152 Å². The van der Waals surface area contributed by atoms with Crippen LogP contribution in [0.4, 0.5) is 17.6 Å². The number of hydrogen-bond acceptors (Lipinski definition) is 9. The lowest BCUT2D eigenvalue weighted by Crippen LogP contribution is -2.47. The molecular weight excluding hydrogens is 515 g/mol. The third kappa shape index (κ3) is 10.7. The summed E-state index contributed by atoms with van der Waals surface area (Å²) in [4.78, 5) is 31.4. The highest BCUT2D eigenvalue weighted by Crippen LogP contribution is 2.33. The maximum Gasteiger partial charge on any atom is 0.326 e. The number of nitrogens with zero attached hydrogens (tertiary/aromatic N) is 4. The number of hydrogen-bond donors (Lipinski definition) is 6. The van der Waals surface area contributed by atoms with Crippen molar-refractivity contribution in [2.45, 2.75) is 57.7 Å². The monoisotopic (exact) mass is 560 g/mol. The Labute approximate surface area is 232 Å². The van der Waals surface area contributed by atoms with Gasteiger partial charge in [-0.25, -0.2) is 0 Å². The highest BCUT2D eigenvalue weighted by molar-refractivity contribution is 7.51. The Morgan fingerprint density at radius 1 is 0.949 bits per heavy atom. The van der Waals surface area contributed by atoms with Crippen molar-refractivity contribution in [3.05, 3.63) is 41.5 Å². The van der Waals surface area contributed by atoms with Crippen LogP contribution in [0.15, 0.2) is 30.3 Å². The quantitative estimate of drug-likeness (QED) is 0.149. The van der Waals surface area contributed by atoms with Crippen molar-refractivity contribution in [3.8, 4) is 0 Å². The average Bonchev–Trinajstić information content (AvgIpc) is 2.93. The lowest BCUT2D eigenvalue weighted by atomic mass is 9.95. The molecule has 1 aliphatic heterocycles. The lowest BCUT2D eigenvalue weighted by Gasteiger charge is -2.35. The Morgan fingerprint density at radius 2 is 1.64 bits per heavy atom. The summed E-state index contributed by atoms with van der Waals surface area (Å²) in [5, 5.41) is 10.5. The van der Waals surface area contributed by atoms with E-state index in [4.69, 9.17) is 15.5 Å². The van der Waals surface area contributed by atoms with Gasteiger partial charge in [-0.15, -0.1) is 0 Å². The molecule has 216 valence electrons. The second-order valence-electron chi connectivity index (χ2n) is 10.7. The number of nitrogen functional groups attached to an aromatic ring is 1. The van der Waals surface area contributed by atoms with Crippen LogP contribution in [0.3, 0.4) is 0 Å². The van der Waals surface area contributed by atoms with Crippen molar-refractivity contribution in [2.24, 2.45) is 0 Å². The van der Waals surface area contributed by atoms with Gasteiger partial charge in [0, 0.05) is 57.9 Å². The molecule has 2 heterocycles. The summed E-state index contributed by atoms with van der Waals surface area (Å²) in [5.41, 5.74) is 8.47. The first kappa shape index (κ1) is 29.7. The molecule has 1 aromatic carbocycles. The van der Waals surface area contributed by atoms with E-state index in [0.29, 0.717) is 51.0 Å². The van der Waals surface area contributed by atoms with E-state index in [1.54, 1.807) is 6.07 Å². The molecule has 0 amide bonds. The van der Waals surface area contributed by atoms with Crippen molar-refractivity contribution in [1.29, 1.82) is 0 Å². The second-order valence-corrected chi connectivity index (χ2v) is 12.5. The van der Waals surface area contributed by atoms with Crippen LogP contribution >= 0.6 is 7.60 Å². The summed E-state index contributed by atoms with van der Waals surface area (Å²) >= 11 is 0. The smallest absolute Gasteiger partial charge is 0.326 e. The van der Waals surface area contributed by atoms with E-state index < -0.39 is 7.60 Å². The molecule has 7 N–H and O–H groups in total. The fraction of sp³-hybridized carbons (Fsp3) is 0.630. The maximum atomic E-state index is 11.1. The Morgan fingerprint density at radius 3 is 2.33 bits per heavy atom. The largest absolute Gasteiger partial charge is 0.383 e. The summed E-state index contributed by atoms with van der Waals surface area (Å²) in [6.45, 7) is 6.81. The minimum atomic E-state index is -3.97. The normalized spacial score (nSPS) is 17.4. The van der Waals surface area contributed by atoms with E-state index in [2.05, 4.69) is 60.0 Å². The molecular formula is C27H45N8O3P. The minimum absolute atomic E-state index is 0.114. The molecule has 12 heteroatoms. The summed E-state index contributed by atoms with van der Waals surface area (Å²) in [7, 11) is -3.97. The summed E-state index contributed by atoms with van der Waals surface area (Å²) in [6.07, 6.45) is 7.85. The van der Waals surface area contributed by atoms with Crippen LogP contribution in [0.25, 0.3) is 0 Å². The Bertz CT molecular complexity index is 1050. The zero-order chi connectivity index (χ0) is 27.5. The fourth-order valence-corrected chi connectivity index (χ4v) is 5.72. The predicted molar refractivity (Wildman–Crippen MR) is 157 cm³/mol. The molecule has 1 aromatic heterocycles. The van der Waals surface area contributed by atoms with Crippen LogP contribution < -0.4 is 26.6 Å². The molecule has 0 spiro atoms. The van der Waals surface area contributed by atoms with Crippen LogP contribution in [0, 0.1) is 0 Å². The number of piperazine rings is 1. The molecule has 1 saturated carbocycles. The molecule has 11 nitrogen and oxygen atoms in total. The molecule has 39 heavy (non-hydrogen) atoms. The predicted octanol–water partition coefficient (Wildman–Crippen LogP) is 2.37. The van der Waals surface area contributed by atoms with Gasteiger partial charge < -0.3 is 36.4 Å². The van der Waals surface area contributed by atoms with E-state index >= 15 is 0 Å². The number of anilines is 3. The lowest BCUT2D eigenvalue weighted by molar-refractivity contribution is 0.264. The SMILES string of the molecule is Nc1cc(N2CCN(CCP(=O)(O)O)CC2)nc(NCc2ccc(CNCCCNC3CCCCC3)cc2)n1.